The number of benzene rings is 2. The Morgan fingerprint density at radius 2 is 1.83 bits per heavy atom. The third-order valence-electron chi connectivity index (χ3n) is 4.35. The zero-order valence-electron chi connectivity index (χ0n) is 16.3. The number of fused-ring (bicyclic) bond motifs is 1. The van der Waals surface area contributed by atoms with E-state index in [1.807, 2.05) is 43.3 Å². The van der Waals surface area contributed by atoms with Gasteiger partial charge in [0.15, 0.2) is 5.82 Å². The van der Waals surface area contributed by atoms with Crippen molar-refractivity contribution in [3.63, 3.8) is 0 Å². The second-order valence-corrected chi connectivity index (χ2v) is 7.43. The summed E-state index contributed by atoms with van der Waals surface area (Å²) in [5.41, 5.74) is 2.28. The Labute approximate surface area is 172 Å². The molecule has 0 fully saturated rings. The largest absolute Gasteiger partial charge is 0.494 e. The summed E-state index contributed by atoms with van der Waals surface area (Å²) in [5, 5.41) is 16.6. The fraction of sp³-hybridized carbons (Fsp3) is 0.238. The SMILES string of the molecule is CCCOc1ccc(C(=O)Nc2ccc(-c3nn4c(CC)nnc4s3)cc2)cc1. The molecule has 0 atom stereocenters. The summed E-state index contributed by atoms with van der Waals surface area (Å²) in [6, 6.07) is 14.8. The van der Waals surface area contributed by atoms with Crippen LogP contribution in [0.25, 0.3) is 15.5 Å². The minimum atomic E-state index is -0.161. The number of anilines is 1. The molecule has 29 heavy (non-hydrogen) atoms. The molecule has 2 aromatic carbocycles. The molecule has 4 aromatic rings. The normalized spacial score (nSPS) is 11.0. The van der Waals surface area contributed by atoms with Crippen molar-refractivity contribution in [2.45, 2.75) is 26.7 Å². The topological polar surface area (TPSA) is 81.4 Å². The van der Waals surface area contributed by atoms with Crippen LogP contribution in [0.4, 0.5) is 5.69 Å². The third kappa shape index (κ3) is 4.12. The van der Waals surface area contributed by atoms with E-state index in [1.54, 1.807) is 16.6 Å². The summed E-state index contributed by atoms with van der Waals surface area (Å²) in [5.74, 6) is 1.45. The van der Waals surface area contributed by atoms with E-state index in [9.17, 15) is 4.79 Å². The Morgan fingerprint density at radius 3 is 2.52 bits per heavy atom. The molecule has 7 nitrogen and oxygen atoms in total. The van der Waals surface area contributed by atoms with Crippen LogP contribution in [-0.4, -0.2) is 32.3 Å². The van der Waals surface area contributed by atoms with Gasteiger partial charge in [-0.15, -0.1) is 10.2 Å². The van der Waals surface area contributed by atoms with Gasteiger partial charge in [-0.05, 0) is 55.0 Å². The second-order valence-electron chi connectivity index (χ2n) is 6.48. The highest BCUT2D eigenvalue weighted by Gasteiger charge is 2.12. The molecule has 2 heterocycles. The summed E-state index contributed by atoms with van der Waals surface area (Å²) in [6.45, 7) is 4.75. The average molecular weight is 407 g/mol. The maximum absolute atomic E-state index is 12.5. The van der Waals surface area contributed by atoms with E-state index in [2.05, 4.69) is 27.5 Å². The highest BCUT2D eigenvalue weighted by Crippen LogP contribution is 2.27. The Hall–Kier alpha value is -3.26. The molecular formula is C21H21N5O2S. The minimum absolute atomic E-state index is 0.161. The predicted molar refractivity (Wildman–Crippen MR) is 114 cm³/mol. The first-order valence-electron chi connectivity index (χ1n) is 9.53. The fourth-order valence-corrected chi connectivity index (χ4v) is 3.68. The highest BCUT2D eigenvalue weighted by atomic mass is 32.1. The van der Waals surface area contributed by atoms with E-state index in [0.29, 0.717) is 12.2 Å². The summed E-state index contributed by atoms with van der Waals surface area (Å²) in [7, 11) is 0. The molecule has 0 bridgehead atoms. The van der Waals surface area contributed by atoms with Crippen LogP contribution in [0.5, 0.6) is 5.75 Å². The van der Waals surface area contributed by atoms with Crippen LogP contribution in [0.15, 0.2) is 48.5 Å². The number of ether oxygens (including phenoxy) is 1. The molecule has 0 aliphatic carbocycles. The second kappa shape index (κ2) is 8.40. The molecule has 0 aliphatic rings. The van der Waals surface area contributed by atoms with E-state index in [0.717, 1.165) is 45.6 Å². The monoisotopic (exact) mass is 407 g/mol. The lowest BCUT2D eigenvalue weighted by molar-refractivity contribution is 0.102. The maximum Gasteiger partial charge on any atom is 0.255 e. The molecular weight excluding hydrogens is 386 g/mol. The molecule has 0 saturated heterocycles. The summed E-state index contributed by atoms with van der Waals surface area (Å²) >= 11 is 1.49. The van der Waals surface area contributed by atoms with Gasteiger partial charge in [-0.2, -0.15) is 9.61 Å². The van der Waals surface area contributed by atoms with Gasteiger partial charge in [0.2, 0.25) is 4.96 Å². The van der Waals surface area contributed by atoms with Crippen molar-refractivity contribution in [3.05, 3.63) is 59.9 Å². The summed E-state index contributed by atoms with van der Waals surface area (Å²) < 4.78 is 7.33. The van der Waals surface area contributed by atoms with Crippen molar-refractivity contribution >= 4 is 27.9 Å². The number of aryl methyl sites for hydroxylation is 1. The summed E-state index contributed by atoms with van der Waals surface area (Å²) in [6.07, 6.45) is 1.73. The molecule has 1 amide bonds. The van der Waals surface area contributed by atoms with Gasteiger partial charge in [-0.1, -0.05) is 25.2 Å². The first-order valence-corrected chi connectivity index (χ1v) is 10.4. The molecule has 1 N–H and O–H groups in total. The Morgan fingerprint density at radius 1 is 1.07 bits per heavy atom. The predicted octanol–water partition coefficient (Wildman–Crippen LogP) is 4.46. The molecule has 0 spiro atoms. The van der Waals surface area contributed by atoms with Crippen molar-refractivity contribution in [3.8, 4) is 16.3 Å². The average Bonchev–Trinajstić information content (AvgIpc) is 3.34. The molecule has 148 valence electrons. The third-order valence-corrected chi connectivity index (χ3v) is 5.30. The molecule has 0 aliphatic heterocycles. The van der Waals surface area contributed by atoms with E-state index in [-0.39, 0.29) is 5.91 Å². The van der Waals surface area contributed by atoms with Crippen LogP contribution in [-0.2, 0) is 6.42 Å². The first-order chi connectivity index (χ1) is 14.2. The molecule has 0 saturated carbocycles. The number of carbonyl (C=O) groups is 1. The minimum Gasteiger partial charge on any atom is -0.494 e. The zero-order valence-corrected chi connectivity index (χ0v) is 17.1. The van der Waals surface area contributed by atoms with Crippen LogP contribution in [0.3, 0.4) is 0 Å². The number of nitrogens with one attached hydrogen (secondary N) is 1. The van der Waals surface area contributed by atoms with E-state index < -0.39 is 0 Å². The van der Waals surface area contributed by atoms with Gasteiger partial charge in [-0.3, -0.25) is 4.79 Å². The molecule has 8 heteroatoms. The van der Waals surface area contributed by atoms with Crippen molar-refractivity contribution in [1.82, 2.24) is 19.8 Å². The number of rotatable bonds is 7. The van der Waals surface area contributed by atoms with Crippen LogP contribution in [0, 0.1) is 0 Å². The fourth-order valence-electron chi connectivity index (χ4n) is 2.82. The number of amides is 1. The van der Waals surface area contributed by atoms with E-state index in [4.69, 9.17) is 4.74 Å². The highest BCUT2D eigenvalue weighted by molar-refractivity contribution is 7.19. The smallest absolute Gasteiger partial charge is 0.255 e. The van der Waals surface area contributed by atoms with Crippen molar-refractivity contribution < 1.29 is 9.53 Å². The Kier molecular flexibility index (Phi) is 5.53. The lowest BCUT2D eigenvalue weighted by atomic mass is 10.2. The van der Waals surface area contributed by atoms with Crippen molar-refractivity contribution in [2.24, 2.45) is 0 Å². The summed E-state index contributed by atoms with van der Waals surface area (Å²) in [4.78, 5) is 13.2. The van der Waals surface area contributed by atoms with Gasteiger partial charge in [0.1, 0.15) is 10.8 Å². The van der Waals surface area contributed by atoms with Crippen LogP contribution >= 0.6 is 11.3 Å². The number of hydrogen-bond donors (Lipinski definition) is 1. The molecule has 4 rings (SSSR count). The van der Waals surface area contributed by atoms with Crippen LogP contribution in [0.1, 0.15) is 36.5 Å². The Balaban J connectivity index is 1.44. The van der Waals surface area contributed by atoms with Gasteiger partial charge in [0, 0.05) is 23.2 Å². The van der Waals surface area contributed by atoms with Crippen LogP contribution in [0.2, 0.25) is 0 Å². The Bertz CT molecular complexity index is 1120. The first kappa shape index (κ1) is 19.1. The molecule has 0 radical (unpaired) electrons. The number of aromatic nitrogens is 4. The zero-order chi connectivity index (χ0) is 20.2. The van der Waals surface area contributed by atoms with Gasteiger partial charge in [-0.25, -0.2) is 0 Å². The standard InChI is InChI=1S/C21H21N5O2S/c1-3-13-28-17-11-7-14(8-12-17)19(27)22-16-9-5-15(6-10-16)20-25-26-18(4-2)23-24-21(26)29-20/h5-12H,3-4,13H2,1-2H3,(H,22,27). The maximum atomic E-state index is 12.5. The molecule has 2 aromatic heterocycles. The van der Waals surface area contributed by atoms with E-state index in [1.165, 1.54) is 11.3 Å². The lowest BCUT2D eigenvalue weighted by Crippen LogP contribution is -2.11. The lowest BCUT2D eigenvalue weighted by Gasteiger charge is -2.08. The van der Waals surface area contributed by atoms with Crippen LogP contribution < -0.4 is 10.1 Å². The van der Waals surface area contributed by atoms with Crippen molar-refractivity contribution in [1.29, 1.82) is 0 Å². The number of nitrogens with zero attached hydrogens (tertiary/aromatic N) is 4. The number of carbonyl (C=O) groups excluding carboxylic acids is 1. The van der Waals surface area contributed by atoms with Gasteiger partial charge >= 0.3 is 0 Å². The van der Waals surface area contributed by atoms with Crippen molar-refractivity contribution in [2.75, 3.05) is 11.9 Å². The van der Waals surface area contributed by atoms with Gasteiger partial charge < -0.3 is 10.1 Å². The van der Waals surface area contributed by atoms with E-state index >= 15 is 0 Å². The quantitative estimate of drug-likeness (QED) is 0.489. The number of hydrogen-bond acceptors (Lipinski definition) is 6. The van der Waals surface area contributed by atoms with Gasteiger partial charge in [0.25, 0.3) is 5.91 Å². The van der Waals surface area contributed by atoms with Gasteiger partial charge in [0.05, 0.1) is 6.61 Å². The molecule has 0 unspecified atom stereocenters.